The zero-order chi connectivity index (χ0) is 21.3. The maximum Gasteiger partial charge on any atom is 0.434 e. The summed E-state index contributed by atoms with van der Waals surface area (Å²) >= 11 is 0. The molecule has 10 heteroatoms. The molecule has 7 nitrogen and oxygen atoms in total. The Balaban J connectivity index is 1.41. The topological polar surface area (TPSA) is 76.2 Å². The van der Waals surface area contributed by atoms with Crippen LogP contribution in [-0.4, -0.2) is 31.1 Å². The number of carbonyl (C=O) groups excluding carboxylic acids is 1. The molecule has 1 atom stereocenters. The van der Waals surface area contributed by atoms with Gasteiger partial charge in [-0.3, -0.25) is 13.9 Å². The SMILES string of the molecule is CCn1cc(C(=O)NC2=CCC(Nc3cccc4nc(C(F)(F)F)cn34)CC2)cn1. The lowest BCUT2D eigenvalue weighted by atomic mass is 9.99. The number of nitrogens with one attached hydrogen (secondary N) is 2. The van der Waals surface area contributed by atoms with E-state index in [4.69, 9.17) is 0 Å². The van der Waals surface area contributed by atoms with Crippen LogP contribution in [0.3, 0.4) is 0 Å². The average molecular weight is 418 g/mol. The van der Waals surface area contributed by atoms with E-state index in [0.29, 0.717) is 30.8 Å². The molecule has 158 valence electrons. The minimum Gasteiger partial charge on any atom is -0.368 e. The predicted molar refractivity (Wildman–Crippen MR) is 105 cm³/mol. The second-order valence-corrected chi connectivity index (χ2v) is 7.15. The summed E-state index contributed by atoms with van der Waals surface area (Å²) in [6.07, 6.45) is 3.71. The first kappa shape index (κ1) is 20.0. The summed E-state index contributed by atoms with van der Waals surface area (Å²) in [6.45, 7) is 2.64. The van der Waals surface area contributed by atoms with Gasteiger partial charge < -0.3 is 10.6 Å². The minimum absolute atomic E-state index is 0.0378. The summed E-state index contributed by atoms with van der Waals surface area (Å²) in [5.74, 6) is 0.351. The molecule has 0 fully saturated rings. The van der Waals surface area contributed by atoms with Crippen molar-refractivity contribution in [2.45, 2.75) is 44.9 Å². The van der Waals surface area contributed by atoms with Crippen LogP contribution >= 0.6 is 0 Å². The van der Waals surface area contributed by atoms with Crippen LogP contribution in [-0.2, 0) is 12.7 Å². The summed E-state index contributed by atoms with van der Waals surface area (Å²) in [4.78, 5) is 16.0. The van der Waals surface area contributed by atoms with Gasteiger partial charge in [0.2, 0.25) is 0 Å². The number of amides is 1. The molecule has 0 saturated heterocycles. The standard InChI is InChI=1S/C20H21F3N6O/c1-2-28-11-13(10-24-28)19(30)26-15-8-6-14(7-9-15)25-17-4-3-5-18-27-16(12-29(17)18)20(21,22)23/h3-5,8,10-12,14,25H,2,6-7,9H2,1H3,(H,26,30). The summed E-state index contributed by atoms with van der Waals surface area (Å²) in [7, 11) is 0. The molecule has 1 aliphatic rings. The van der Waals surface area contributed by atoms with E-state index in [9.17, 15) is 18.0 Å². The third kappa shape index (κ3) is 4.17. The normalized spacial score (nSPS) is 17.1. The van der Waals surface area contributed by atoms with Gasteiger partial charge in [0.1, 0.15) is 11.5 Å². The van der Waals surface area contributed by atoms with E-state index in [1.807, 2.05) is 13.0 Å². The van der Waals surface area contributed by atoms with Gasteiger partial charge in [-0.2, -0.15) is 18.3 Å². The number of aryl methyl sites for hydroxylation is 1. The van der Waals surface area contributed by atoms with Gasteiger partial charge in [0.25, 0.3) is 5.91 Å². The monoisotopic (exact) mass is 418 g/mol. The molecule has 0 aliphatic heterocycles. The predicted octanol–water partition coefficient (Wildman–Crippen LogP) is 3.85. The number of imidazole rings is 1. The van der Waals surface area contributed by atoms with Gasteiger partial charge in [-0.25, -0.2) is 4.98 Å². The van der Waals surface area contributed by atoms with Crippen LogP contribution in [0.15, 0.2) is 48.6 Å². The molecule has 0 saturated carbocycles. The zero-order valence-corrected chi connectivity index (χ0v) is 16.3. The van der Waals surface area contributed by atoms with Crippen molar-refractivity contribution >= 4 is 17.4 Å². The Morgan fingerprint density at radius 3 is 2.80 bits per heavy atom. The number of hydrogen-bond donors (Lipinski definition) is 2. The molecule has 3 heterocycles. The summed E-state index contributed by atoms with van der Waals surface area (Å²) in [5, 5.41) is 10.3. The number of aromatic nitrogens is 4. The lowest BCUT2D eigenvalue weighted by Crippen LogP contribution is -2.29. The molecule has 3 aromatic rings. The van der Waals surface area contributed by atoms with Crippen LogP contribution in [0.2, 0.25) is 0 Å². The summed E-state index contributed by atoms with van der Waals surface area (Å²) in [6, 6.07) is 4.97. The number of hydrogen-bond acceptors (Lipinski definition) is 4. The van der Waals surface area contributed by atoms with E-state index in [0.717, 1.165) is 18.3 Å². The smallest absolute Gasteiger partial charge is 0.368 e. The van der Waals surface area contributed by atoms with Crippen molar-refractivity contribution in [3.63, 3.8) is 0 Å². The Hall–Kier alpha value is -3.30. The van der Waals surface area contributed by atoms with Gasteiger partial charge in [-0.15, -0.1) is 0 Å². The van der Waals surface area contributed by atoms with Crippen molar-refractivity contribution in [3.8, 4) is 0 Å². The molecule has 2 N–H and O–H groups in total. The Bertz CT molecular complexity index is 1100. The number of pyridine rings is 1. The first-order chi connectivity index (χ1) is 14.3. The molecule has 0 radical (unpaired) electrons. The van der Waals surface area contributed by atoms with Crippen LogP contribution in [0.1, 0.15) is 42.2 Å². The lowest BCUT2D eigenvalue weighted by Gasteiger charge is -2.24. The zero-order valence-electron chi connectivity index (χ0n) is 16.3. The van der Waals surface area contributed by atoms with Gasteiger partial charge in [0, 0.05) is 30.7 Å². The third-order valence-electron chi connectivity index (χ3n) is 5.04. The van der Waals surface area contributed by atoms with Gasteiger partial charge in [-0.05, 0) is 38.3 Å². The van der Waals surface area contributed by atoms with Crippen molar-refractivity contribution in [1.82, 2.24) is 24.5 Å². The van der Waals surface area contributed by atoms with E-state index >= 15 is 0 Å². The molecule has 1 amide bonds. The van der Waals surface area contributed by atoms with E-state index in [1.165, 1.54) is 16.7 Å². The highest BCUT2D eigenvalue weighted by Crippen LogP contribution is 2.30. The van der Waals surface area contributed by atoms with Gasteiger partial charge in [0.05, 0.1) is 11.8 Å². The fourth-order valence-electron chi connectivity index (χ4n) is 3.42. The molecule has 3 aromatic heterocycles. The van der Waals surface area contributed by atoms with Crippen molar-refractivity contribution < 1.29 is 18.0 Å². The largest absolute Gasteiger partial charge is 0.434 e. The van der Waals surface area contributed by atoms with Crippen LogP contribution < -0.4 is 10.6 Å². The van der Waals surface area contributed by atoms with Crippen LogP contribution in [0.5, 0.6) is 0 Å². The number of carbonyl (C=O) groups is 1. The summed E-state index contributed by atoms with van der Waals surface area (Å²) in [5.41, 5.74) is 0.656. The molecular formula is C20H21F3N6O. The quantitative estimate of drug-likeness (QED) is 0.660. The second-order valence-electron chi connectivity index (χ2n) is 7.15. The van der Waals surface area contributed by atoms with Gasteiger partial charge in [0.15, 0.2) is 5.69 Å². The fourth-order valence-corrected chi connectivity index (χ4v) is 3.42. The average Bonchev–Trinajstić information content (AvgIpc) is 3.37. The Morgan fingerprint density at radius 1 is 1.30 bits per heavy atom. The highest BCUT2D eigenvalue weighted by molar-refractivity contribution is 5.94. The van der Waals surface area contributed by atoms with E-state index in [1.54, 1.807) is 23.0 Å². The molecule has 1 aliphatic carbocycles. The highest BCUT2D eigenvalue weighted by atomic mass is 19.4. The molecule has 4 rings (SSSR count). The third-order valence-corrected chi connectivity index (χ3v) is 5.04. The number of fused-ring (bicyclic) bond motifs is 1. The number of alkyl halides is 3. The van der Waals surface area contributed by atoms with Crippen molar-refractivity contribution in [3.05, 3.63) is 59.8 Å². The maximum absolute atomic E-state index is 13.0. The minimum atomic E-state index is -4.49. The Morgan fingerprint density at radius 2 is 2.13 bits per heavy atom. The van der Waals surface area contributed by atoms with Gasteiger partial charge >= 0.3 is 6.18 Å². The summed E-state index contributed by atoms with van der Waals surface area (Å²) < 4.78 is 42.0. The number of rotatable bonds is 5. The number of halogens is 3. The fraction of sp³-hybridized carbons (Fsp3) is 0.350. The maximum atomic E-state index is 13.0. The highest BCUT2D eigenvalue weighted by Gasteiger charge is 2.34. The van der Waals surface area contributed by atoms with Gasteiger partial charge in [-0.1, -0.05) is 12.1 Å². The van der Waals surface area contributed by atoms with Crippen LogP contribution in [0.4, 0.5) is 19.0 Å². The molecule has 0 spiro atoms. The van der Waals surface area contributed by atoms with Crippen molar-refractivity contribution in [2.24, 2.45) is 0 Å². The molecule has 1 unspecified atom stereocenters. The van der Waals surface area contributed by atoms with E-state index < -0.39 is 11.9 Å². The molecular weight excluding hydrogens is 397 g/mol. The molecule has 30 heavy (non-hydrogen) atoms. The van der Waals surface area contributed by atoms with Crippen LogP contribution in [0.25, 0.3) is 5.65 Å². The van der Waals surface area contributed by atoms with Crippen molar-refractivity contribution in [1.29, 1.82) is 0 Å². The number of anilines is 1. The Kier molecular flexibility index (Phi) is 5.23. The number of nitrogens with zero attached hydrogens (tertiary/aromatic N) is 4. The first-order valence-corrected chi connectivity index (χ1v) is 9.68. The Labute approximate surface area is 170 Å². The lowest BCUT2D eigenvalue weighted by molar-refractivity contribution is -0.140. The first-order valence-electron chi connectivity index (χ1n) is 9.68. The number of allylic oxidation sites excluding steroid dienone is 1. The molecule has 0 aromatic carbocycles. The molecule has 0 bridgehead atoms. The van der Waals surface area contributed by atoms with E-state index in [-0.39, 0.29) is 17.6 Å². The van der Waals surface area contributed by atoms with Crippen LogP contribution in [0, 0.1) is 0 Å². The van der Waals surface area contributed by atoms with E-state index in [2.05, 4.69) is 20.7 Å². The van der Waals surface area contributed by atoms with Crippen molar-refractivity contribution in [2.75, 3.05) is 5.32 Å². The second kappa shape index (κ2) is 7.85.